The second-order valence-electron chi connectivity index (χ2n) is 4.02. The zero-order chi connectivity index (χ0) is 11.5. The van der Waals surface area contributed by atoms with Crippen LogP contribution in [0.4, 0.5) is 4.39 Å². The SMILES string of the molecule is O=C(c1ccc(F)c(S)c1)N1CCCCC1. The molecule has 1 aromatic carbocycles. The van der Waals surface area contributed by atoms with Crippen molar-refractivity contribution in [3.05, 3.63) is 29.6 Å². The molecule has 0 aliphatic carbocycles. The lowest BCUT2D eigenvalue weighted by molar-refractivity contribution is 0.0724. The molecule has 0 spiro atoms. The summed E-state index contributed by atoms with van der Waals surface area (Å²) in [5.74, 6) is -0.409. The lowest BCUT2D eigenvalue weighted by Crippen LogP contribution is -2.35. The molecule has 0 aromatic heterocycles. The first-order valence-electron chi connectivity index (χ1n) is 5.46. The van der Waals surface area contributed by atoms with Gasteiger partial charge in [-0.3, -0.25) is 4.79 Å². The number of piperidine rings is 1. The predicted octanol–water partition coefficient (Wildman–Crippen LogP) is 2.74. The minimum absolute atomic E-state index is 0.0185. The van der Waals surface area contributed by atoms with E-state index in [9.17, 15) is 9.18 Å². The van der Waals surface area contributed by atoms with Crippen LogP contribution >= 0.6 is 12.6 Å². The molecule has 2 nitrogen and oxygen atoms in total. The highest BCUT2D eigenvalue weighted by Gasteiger charge is 2.18. The molecule has 0 radical (unpaired) electrons. The number of halogens is 1. The van der Waals surface area contributed by atoms with Crippen LogP contribution in [-0.2, 0) is 0 Å². The fourth-order valence-electron chi connectivity index (χ4n) is 1.93. The van der Waals surface area contributed by atoms with Crippen molar-refractivity contribution in [3.63, 3.8) is 0 Å². The summed E-state index contributed by atoms with van der Waals surface area (Å²) in [6.45, 7) is 1.61. The number of likely N-dealkylation sites (tertiary alicyclic amines) is 1. The molecule has 0 saturated carbocycles. The van der Waals surface area contributed by atoms with Gasteiger partial charge in [0.2, 0.25) is 0 Å². The number of amides is 1. The predicted molar refractivity (Wildman–Crippen MR) is 63.4 cm³/mol. The van der Waals surface area contributed by atoms with Crippen molar-refractivity contribution in [1.29, 1.82) is 0 Å². The molecule has 1 fully saturated rings. The highest BCUT2D eigenvalue weighted by molar-refractivity contribution is 7.80. The molecule has 1 aromatic rings. The van der Waals surface area contributed by atoms with E-state index in [-0.39, 0.29) is 10.8 Å². The van der Waals surface area contributed by atoms with Crippen LogP contribution in [0.15, 0.2) is 23.1 Å². The summed E-state index contributed by atoms with van der Waals surface area (Å²) < 4.78 is 13.0. The van der Waals surface area contributed by atoms with Gasteiger partial charge < -0.3 is 4.90 Å². The fourth-order valence-corrected chi connectivity index (χ4v) is 2.14. The highest BCUT2D eigenvalue weighted by Crippen LogP contribution is 2.17. The number of hydrogen-bond acceptors (Lipinski definition) is 2. The molecule has 0 bridgehead atoms. The molecule has 1 aliphatic heterocycles. The van der Waals surface area contributed by atoms with Gasteiger partial charge in [0.05, 0.1) is 0 Å². The largest absolute Gasteiger partial charge is 0.339 e. The number of nitrogens with zero attached hydrogens (tertiary/aromatic N) is 1. The van der Waals surface area contributed by atoms with Crippen molar-refractivity contribution in [3.8, 4) is 0 Å². The Balaban J connectivity index is 2.16. The van der Waals surface area contributed by atoms with E-state index < -0.39 is 5.82 Å². The van der Waals surface area contributed by atoms with Gasteiger partial charge in [0.25, 0.3) is 5.91 Å². The Morgan fingerprint density at radius 3 is 2.56 bits per heavy atom. The third-order valence-electron chi connectivity index (χ3n) is 2.84. The lowest BCUT2D eigenvalue weighted by atomic mass is 10.1. The van der Waals surface area contributed by atoms with E-state index in [0.717, 1.165) is 25.9 Å². The normalized spacial score (nSPS) is 16.2. The molecule has 2 rings (SSSR count). The van der Waals surface area contributed by atoms with Crippen LogP contribution in [0.5, 0.6) is 0 Å². The van der Waals surface area contributed by atoms with Crippen LogP contribution in [0.1, 0.15) is 29.6 Å². The van der Waals surface area contributed by atoms with E-state index in [2.05, 4.69) is 12.6 Å². The quantitative estimate of drug-likeness (QED) is 0.747. The monoisotopic (exact) mass is 239 g/mol. The molecule has 0 atom stereocenters. The van der Waals surface area contributed by atoms with Crippen LogP contribution in [-0.4, -0.2) is 23.9 Å². The van der Waals surface area contributed by atoms with Gasteiger partial charge in [0.15, 0.2) is 0 Å². The average molecular weight is 239 g/mol. The van der Waals surface area contributed by atoms with E-state index in [4.69, 9.17) is 0 Å². The second-order valence-corrected chi connectivity index (χ2v) is 4.50. The zero-order valence-corrected chi connectivity index (χ0v) is 9.84. The van der Waals surface area contributed by atoms with E-state index in [0.29, 0.717) is 5.56 Å². The van der Waals surface area contributed by atoms with Crippen molar-refractivity contribution < 1.29 is 9.18 Å². The number of carbonyl (C=O) groups is 1. The molecule has 1 amide bonds. The number of carbonyl (C=O) groups excluding carboxylic acids is 1. The molecule has 1 saturated heterocycles. The number of rotatable bonds is 1. The first kappa shape index (κ1) is 11.5. The Morgan fingerprint density at radius 1 is 1.25 bits per heavy atom. The molecular weight excluding hydrogens is 225 g/mol. The summed E-state index contributed by atoms with van der Waals surface area (Å²) in [6.07, 6.45) is 3.30. The smallest absolute Gasteiger partial charge is 0.253 e. The summed E-state index contributed by atoms with van der Waals surface area (Å²) >= 11 is 3.98. The summed E-state index contributed by atoms with van der Waals surface area (Å²) in [5.41, 5.74) is 0.522. The van der Waals surface area contributed by atoms with Crippen molar-refractivity contribution in [2.45, 2.75) is 24.2 Å². The summed E-state index contributed by atoms with van der Waals surface area (Å²) in [4.78, 5) is 14.1. The van der Waals surface area contributed by atoms with Crippen LogP contribution in [0.2, 0.25) is 0 Å². The van der Waals surface area contributed by atoms with Gasteiger partial charge in [-0.2, -0.15) is 0 Å². The Kier molecular flexibility index (Phi) is 3.49. The Bertz CT molecular complexity index is 402. The molecule has 1 aliphatic rings. The maximum atomic E-state index is 13.0. The van der Waals surface area contributed by atoms with Gasteiger partial charge in [-0.1, -0.05) is 0 Å². The third kappa shape index (κ3) is 2.38. The Hall–Kier alpha value is -1.03. The van der Waals surface area contributed by atoms with Gasteiger partial charge in [-0.15, -0.1) is 12.6 Å². The number of hydrogen-bond donors (Lipinski definition) is 1. The summed E-state index contributed by atoms with van der Waals surface area (Å²) in [6, 6.07) is 4.31. The van der Waals surface area contributed by atoms with Crippen LogP contribution in [0.25, 0.3) is 0 Å². The zero-order valence-electron chi connectivity index (χ0n) is 8.95. The van der Waals surface area contributed by atoms with Crippen molar-refractivity contribution in [1.82, 2.24) is 4.90 Å². The average Bonchev–Trinajstić information content (AvgIpc) is 2.33. The fraction of sp³-hybridized carbons (Fsp3) is 0.417. The van der Waals surface area contributed by atoms with Crippen molar-refractivity contribution in [2.75, 3.05) is 13.1 Å². The van der Waals surface area contributed by atoms with Gasteiger partial charge in [-0.05, 0) is 37.5 Å². The van der Waals surface area contributed by atoms with Crippen molar-refractivity contribution >= 4 is 18.5 Å². The molecular formula is C12H14FNOS. The maximum Gasteiger partial charge on any atom is 0.253 e. The van der Waals surface area contributed by atoms with E-state index in [1.807, 2.05) is 4.90 Å². The highest BCUT2D eigenvalue weighted by atomic mass is 32.1. The molecule has 0 unspecified atom stereocenters. The number of thiol groups is 1. The van der Waals surface area contributed by atoms with Gasteiger partial charge in [-0.25, -0.2) is 4.39 Å². The summed E-state index contributed by atoms with van der Waals surface area (Å²) in [5, 5.41) is 0. The Morgan fingerprint density at radius 2 is 1.94 bits per heavy atom. The topological polar surface area (TPSA) is 20.3 Å². The van der Waals surface area contributed by atoms with Gasteiger partial charge >= 0.3 is 0 Å². The minimum atomic E-state index is -0.390. The van der Waals surface area contributed by atoms with Crippen molar-refractivity contribution in [2.24, 2.45) is 0 Å². The van der Waals surface area contributed by atoms with Crippen LogP contribution in [0, 0.1) is 5.82 Å². The molecule has 86 valence electrons. The molecule has 1 heterocycles. The first-order chi connectivity index (χ1) is 7.68. The third-order valence-corrected chi connectivity index (χ3v) is 3.18. The van der Waals surface area contributed by atoms with Crippen LogP contribution in [0.3, 0.4) is 0 Å². The minimum Gasteiger partial charge on any atom is -0.339 e. The molecule has 0 N–H and O–H groups in total. The van der Waals surface area contributed by atoms with E-state index in [1.165, 1.54) is 24.6 Å². The van der Waals surface area contributed by atoms with E-state index >= 15 is 0 Å². The maximum absolute atomic E-state index is 13.0. The standard InChI is InChI=1S/C12H14FNOS/c13-10-5-4-9(8-11(10)16)12(15)14-6-2-1-3-7-14/h4-5,8,16H,1-3,6-7H2. The van der Waals surface area contributed by atoms with Gasteiger partial charge in [0, 0.05) is 23.5 Å². The van der Waals surface area contributed by atoms with Gasteiger partial charge in [0.1, 0.15) is 5.82 Å². The first-order valence-corrected chi connectivity index (χ1v) is 5.91. The lowest BCUT2D eigenvalue weighted by Gasteiger charge is -2.26. The van der Waals surface area contributed by atoms with E-state index in [1.54, 1.807) is 0 Å². The second kappa shape index (κ2) is 4.87. The summed E-state index contributed by atoms with van der Waals surface area (Å²) in [7, 11) is 0. The van der Waals surface area contributed by atoms with Crippen LogP contribution < -0.4 is 0 Å². The number of benzene rings is 1. The molecule has 16 heavy (non-hydrogen) atoms. The molecule has 4 heteroatoms. The Labute approximate surface area is 99.9 Å².